The van der Waals surface area contributed by atoms with E-state index in [0.29, 0.717) is 21.7 Å². The summed E-state index contributed by atoms with van der Waals surface area (Å²) in [6.45, 7) is 1.83. The second-order valence-electron chi connectivity index (χ2n) is 7.23. The van der Waals surface area contributed by atoms with Gasteiger partial charge in [0.25, 0.3) is 5.91 Å². The highest BCUT2D eigenvalue weighted by Crippen LogP contribution is 2.28. The van der Waals surface area contributed by atoms with E-state index in [1.807, 2.05) is 90.4 Å². The van der Waals surface area contributed by atoms with E-state index < -0.39 is 0 Å². The number of aromatic nitrogens is 3. The number of nitrogens with zero attached hydrogens (tertiary/aromatic N) is 4. The lowest BCUT2D eigenvalue weighted by molar-refractivity contribution is -0.118. The standard InChI is InChI=1S/C25H22ClN5O2S/c1-17(18-10-14-22(33-2)15-11-18)27-28-23(32)16-34-25-30-29-24(19-8-12-20(26)13-9-19)31(25)21-6-4-3-5-7-21/h3-15H,16H2,1-2H3,(H,28,32). The van der Waals surface area contributed by atoms with Gasteiger partial charge in [-0.2, -0.15) is 5.10 Å². The molecule has 0 saturated heterocycles. The van der Waals surface area contributed by atoms with Gasteiger partial charge >= 0.3 is 0 Å². The van der Waals surface area contributed by atoms with E-state index in [0.717, 1.165) is 22.6 Å². The maximum atomic E-state index is 12.5. The molecule has 172 valence electrons. The number of ether oxygens (including phenoxy) is 1. The average Bonchev–Trinajstić information content (AvgIpc) is 3.31. The van der Waals surface area contributed by atoms with Crippen molar-refractivity contribution in [3.05, 3.63) is 89.4 Å². The first-order valence-corrected chi connectivity index (χ1v) is 11.8. The number of amides is 1. The lowest BCUT2D eigenvalue weighted by atomic mass is 10.1. The third-order valence-electron chi connectivity index (χ3n) is 4.94. The number of thioether (sulfide) groups is 1. The van der Waals surface area contributed by atoms with Gasteiger partial charge in [-0.1, -0.05) is 41.6 Å². The number of hydrazone groups is 1. The van der Waals surface area contributed by atoms with Gasteiger partial charge < -0.3 is 4.74 Å². The molecule has 9 heteroatoms. The molecule has 1 amide bonds. The van der Waals surface area contributed by atoms with Gasteiger partial charge in [-0.25, -0.2) is 5.43 Å². The molecule has 1 heterocycles. The lowest BCUT2D eigenvalue weighted by Crippen LogP contribution is -2.21. The van der Waals surface area contributed by atoms with Crippen molar-refractivity contribution in [3.8, 4) is 22.8 Å². The van der Waals surface area contributed by atoms with Gasteiger partial charge in [0.15, 0.2) is 11.0 Å². The monoisotopic (exact) mass is 491 g/mol. The predicted molar refractivity (Wildman–Crippen MR) is 136 cm³/mol. The summed E-state index contributed by atoms with van der Waals surface area (Å²) in [5.74, 6) is 1.32. The van der Waals surface area contributed by atoms with Gasteiger partial charge in [0.05, 0.1) is 18.6 Å². The van der Waals surface area contributed by atoms with Crippen molar-refractivity contribution in [2.45, 2.75) is 12.1 Å². The summed E-state index contributed by atoms with van der Waals surface area (Å²) in [4.78, 5) is 12.5. The number of carbonyl (C=O) groups excluding carboxylic acids is 1. The molecule has 0 saturated carbocycles. The van der Waals surface area contributed by atoms with Crippen molar-refractivity contribution in [2.75, 3.05) is 12.9 Å². The molecule has 0 radical (unpaired) electrons. The van der Waals surface area contributed by atoms with Crippen molar-refractivity contribution >= 4 is 35.0 Å². The highest BCUT2D eigenvalue weighted by atomic mass is 35.5. The van der Waals surface area contributed by atoms with Crippen LogP contribution in [-0.2, 0) is 4.79 Å². The molecule has 0 bridgehead atoms. The van der Waals surface area contributed by atoms with E-state index >= 15 is 0 Å². The smallest absolute Gasteiger partial charge is 0.250 e. The summed E-state index contributed by atoms with van der Waals surface area (Å²) in [5, 5.41) is 14.2. The molecule has 34 heavy (non-hydrogen) atoms. The highest BCUT2D eigenvalue weighted by molar-refractivity contribution is 7.99. The molecule has 0 aliphatic carbocycles. The molecule has 0 aliphatic rings. The van der Waals surface area contributed by atoms with Crippen LogP contribution in [-0.4, -0.2) is 39.2 Å². The minimum Gasteiger partial charge on any atom is -0.497 e. The SMILES string of the molecule is COc1ccc(C(C)=NNC(=O)CSc2nnc(-c3ccc(Cl)cc3)n2-c2ccccc2)cc1. The van der Waals surface area contributed by atoms with Crippen molar-refractivity contribution < 1.29 is 9.53 Å². The summed E-state index contributed by atoms with van der Waals surface area (Å²) in [7, 11) is 1.62. The van der Waals surface area contributed by atoms with Crippen LogP contribution in [0.5, 0.6) is 5.75 Å². The van der Waals surface area contributed by atoms with E-state index in [1.165, 1.54) is 11.8 Å². The molecule has 3 aromatic carbocycles. The Morgan fingerprint density at radius 3 is 2.41 bits per heavy atom. The van der Waals surface area contributed by atoms with E-state index in [4.69, 9.17) is 16.3 Å². The number of benzene rings is 3. The van der Waals surface area contributed by atoms with Gasteiger partial charge in [0.2, 0.25) is 0 Å². The van der Waals surface area contributed by atoms with Crippen LogP contribution in [0, 0.1) is 0 Å². The summed E-state index contributed by atoms with van der Waals surface area (Å²) >= 11 is 7.33. The Morgan fingerprint density at radius 2 is 1.74 bits per heavy atom. The molecular formula is C25H22ClN5O2S. The maximum absolute atomic E-state index is 12.5. The van der Waals surface area contributed by atoms with Crippen LogP contribution < -0.4 is 10.2 Å². The number of hydrogen-bond donors (Lipinski definition) is 1. The number of para-hydroxylation sites is 1. The fourth-order valence-electron chi connectivity index (χ4n) is 3.16. The third-order valence-corrected chi connectivity index (χ3v) is 6.12. The molecule has 4 aromatic rings. The van der Waals surface area contributed by atoms with E-state index in [-0.39, 0.29) is 11.7 Å². The van der Waals surface area contributed by atoms with Crippen LogP contribution in [0.25, 0.3) is 17.1 Å². The first kappa shape index (κ1) is 23.5. The van der Waals surface area contributed by atoms with Crippen LogP contribution in [0.3, 0.4) is 0 Å². The molecule has 1 aromatic heterocycles. The Morgan fingerprint density at radius 1 is 1.03 bits per heavy atom. The number of hydrogen-bond acceptors (Lipinski definition) is 6. The fraction of sp³-hybridized carbons (Fsp3) is 0.120. The molecule has 1 N–H and O–H groups in total. The lowest BCUT2D eigenvalue weighted by Gasteiger charge is -2.10. The molecule has 0 fully saturated rings. The number of carbonyl (C=O) groups is 1. The zero-order valence-electron chi connectivity index (χ0n) is 18.6. The van der Waals surface area contributed by atoms with Gasteiger partial charge in [0.1, 0.15) is 5.75 Å². The highest BCUT2D eigenvalue weighted by Gasteiger charge is 2.17. The van der Waals surface area contributed by atoms with Crippen LogP contribution in [0.4, 0.5) is 0 Å². The van der Waals surface area contributed by atoms with E-state index in [1.54, 1.807) is 7.11 Å². The Labute approximate surface area is 206 Å². The zero-order chi connectivity index (χ0) is 23.9. The Balaban J connectivity index is 1.49. The molecule has 0 unspecified atom stereocenters. The summed E-state index contributed by atoms with van der Waals surface area (Å²) < 4.78 is 7.09. The van der Waals surface area contributed by atoms with Crippen molar-refractivity contribution in [2.24, 2.45) is 5.10 Å². The quantitative estimate of drug-likeness (QED) is 0.207. The first-order valence-electron chi connectivity index (χ1n) is 10.4. The van der Waals surface area contributed by atoms with Crippen molar-refractivity contribution in [3.63, 3.8) is 0 Å². The molecular weight excluding hydrogens is 470 g/mol. The number of methoxy groups -OCH3 is 1. The largest absolute Gasteiger partial charge is 0.497 e. The van der Waals surface area contributed by atoms with Gasteiger partial charge in [0, 0.05) is 16.3 Å². The fourth-order valence-corrected chi connectivity index (χ4v) is 4.03. The second kappa shape index (κ2) is 11.0. The average molecular weight is 492 g/mol. The van der Waals surface area contributed by atoms with E-state index in [2.05, 4.69) is 20.7 Å². The van der Waals surface area contributed by atoms with Crippen molar-refractivity contribution in [1.82, 2.24) is 20.2 Å². The van der Waals surface area contributed by atoms with Gasteiger partial charge in [-0.05, 0) is 73.2 Å². The van der Waals surface area contributed by atoms with Gasteiger partial charge in [-0.3, -0.25) is 9.36 Å². The number of rotatable bonds is 8. The van der Waals surface area contributed by atoms with E-state index in [9.17, 15) is 4.79 Å². The molecule has 0 aliphatic heterocycles. The molecule has 4 rings (SSSR count). The minimum atomic E-state index is -0.242. The minimum absolute atomic E-state index is 0.130. The number of nitrogens with one attached hydrogen (secondary N) is 1. The predicted octanol–water partition coefficient (Wildman–Crippen LogP) is 5.23. The Bertz CT molecular complexity index is 1290. The zero-order valence-corrected chi connectivity index (χ0v) is 20.2. The van der Waals surface area contributed by atoms with Crippen LogP contribution in [0.2, 0.25) is 5.02 Å². The maximum Gasteiger partial charge on any atom is 0.250 e. The summed E-state index contributed by atoms with van der Waals surface area (Å²) in [5.41, 5.74) is 5.96. The van der Waals surface area contributed by atoms with Crippen LogP contribution in [0.1, 0.15) is 12.5 Å². The van der Waals surface area contributed by atoms with Crippen LogP contribution in [0.15, 0.2) is 89.1 Å². The summed E-state index contributed by atoms with van der Waals surface area (Å²) in [6, 6.07) is 24.6. The molecule has 0 atom stereocenters. The Kier molecular flexibility index (Phi) is 7.61. The normalized spacial score (nSPS) is 11.3. The molecule has 0 spiro atoms. The second-order valence-corrected chi connectivity index (χ2v) is 8.61. The number of halogens is 1. The first-order chi connectivity index (χ1) is 16.5. The Hall–Kier alpha value is -3.62. The summed E-state index contributed by atoms with van der Waals surface area (Å²) in [6.07, 6.45) is 0. The van der Waals surface area contributed by atoms with Crippen molar-refractivity contribution in [1.29, 1.82) is 0 Å². The molecule has 7 nitrogen and oxygen atoms in total. The van der Waals surface area contributed by atoms with Crippen LogP contribution >= 0.6 is 23.4 Å². The van der Waals surface area contributed by atoms with Gasteiger partial charge in [-0.15, -0.1) is 10.2 Å². The third kappa shape index (κ3) is 5.65. The topological polar surface area (TPSA) is 81.4 Å².